The van der Waals surface area contributed by atoms with Crippen molar-refractivity contribution in [3.05, 3.63) is 46.1 Å². The summed E-state index contributed by atoms with van der Waals surface area (Å²) in [6.45, 7) is 0.320. The highest BCUT2D eigenvalue weighted by molar-refractivity contribution is 5.95. The van der Waals surface area contributed by atoms with Crippen LogP contribution in [0.1, 0.15) is 5.56 Å². The lowest BCUT2D eigenvalue weighted by Gasteiger charge is -2.16. The number of epoxide rings is 1. The number of aliphatic hydroxyl groups is 1. The van der Waals surface area contributed by atoms with Crippen LogP contribution in [0, 0.1) is 0 Å². The van der Waals surface area contributed by atoms with Crippen LogP contribution >= 0.6 is 0 Å². The summed E-state index contributed by atoms with van der Waals surface area (Å²) in [5, 5.41) is 20.2. The summed E-state index contributed by atoms with van der Waals surface area (Å²) in [5.41, 5.74) is 0.584. The van der Waals surface area contributed by atoms with E-state index in [4.69, 9.17) is 13.9 Å². The predicted octanol–water partition coefficient (Wildman–Crippen LogP) is 1.72. The van der Waals surface area contributed by atoms with Gasteiger partial charge in [0.25, 0.3) is 0 Å². The maximum atomic E-state index is 13.0. The third kappa shape index (κ3) is 1.69. The molecular weight excluding hydrogens is 312 g/mol. The Morgan fingerprint density at radius 1 is 1.17 bits per heavy atom. The summed E-state index contributed by atoms with van der Waals surface area (Å²) in [5.74, 6) is 0.492. The Hall–Kier alpha value is -2.57. The zero-order valence-electron chi connectivity index (χ0n) is 12.6. The molecule has 24 heavy (non-hydrogen) atoms. The molecule has 1 aromatic heterocycles. The first kappa shape index (κ1) is 13.8. The number of fused-ring (bicyclic) bond motifs is 4. The molecule has 2 aliphatic heterocycles. The van der Waals surface area contributed by atoms with E-state index in [1.807, 2.05) is 0 Å². The van der Waals surface area contributed by atoms with Gasteiger partial charge in [0.15, 0.2) is 5.60 Å². The number of phenolic OH excluding ortho intramolecular Hbond substituents is 1. The van der Waals surface area contributed by atoms with Gasteiger partial charge in [-0.15, -0.1) is 0 Å². The molecule has 0 bridgehead atoms. The molecule has 0 unspecified atom stereocenters. The monoisotopic (exact) mass is 326 g/mol. The second kappa shape index (κ2) is 4.49. The van der Waals surface area contributed by atoms with E-state index >= 15 is 0 Å². The molecule has 122 valence electrons. The van der Waals surface area contributed by atoms with Crippen molar-refractivity contribution >= 4 is 21.9 Å². The van der Waals surface area contributed by atoms with Crippen LogP contribution in [0.5, 0.6) is 11.5 Å². The zero-order valence-corrected chi connectivity index (χ0v) is 12.6. The Balaban J connectivity index is 1.77. The molecule has 3 aromatic rings. The van der Waals surface area contributed by atoms with Gasteiger partial charge in [-0.05, 0) is 24.3 Å². The minimum absolute atomic E-state index is 0.103. The summed E-state index contributed by atoms with van der Waals surface area (Å²) in [4.78, 5) is 13.0. The number of hydrogen-bond donors (Lipinski definition) is 2. The van der Waals surface area contributed by atoms with E-state index in [-0.39, 0.29) is 29.3 Å². The molecule has 0 radical (unpaired) electrons. The lowest BCUT2D eigenvalue weighted by Crippen LogP contribution is -2.37. The first-order valence-corrected chi connectivity index (χ1v) is 7.75. The predicted molar refractivity (Wildman–Crippen MR) is 85.5 cm³/mol. The van der Waals surface area contributed by atoms with Gasteiger partial charge in [0.1, 0.15) is 34.2 Å². The van der Waals surface area contributed by atoms with Crippen molar-refractivity contribution in [3.63, 3.8) is 0 Å². The molecule has 0 saturated carbocycles. The minimum atomic E-state index is -0.676. The third-order valence-corrected chi connectivity index (χ3v) is 4.94. The summed E-state index contributed by atoms with van der Waals surface area (Å²) in [6.07, 6.45) is 0.124. The molecule has 3 heterocycles. The van der Waals surface area contributed by atoms with Crippen LogP contribution in [-0.2, 0) is 11.2 Å². The van der Waals surface area contributed by atoms with Crippen molar-refractivity contribution in [1.82, 2.24) is 0 Å². The van der Waals surface area contributed by atoms with Gasteiger partial charge in [-0.2, -0.15) is 0 Å². The number of rotatable bonds is 2. The fraction of sp³-hybridized carbons (Fsp3) is 0.278. The maximum absolute atomic E-state index is 13.0. The molecule has 5 rings (SSSR count). The van der Waals surface area contributed by atoms with Crippen LogP contribution in [-0.4, -0.2) is 35.1 Å². The van der Waals surface area contributed by atoms with E-state index in [1.165, 1.54) is 6.07 Å². The summed E-state index contributed by atoms with van der Waals surface area (Å²) in [6, 6.07) is 8.21. The van der Waals surface area contributed by atoms with E-state index in [1.54, 1.807) is 24.3 Å². The lowest BCUT2D eigenvalue weighted by atomic mass is 9.96. The van der Waals surface area contributed by atoms with Crippen LogP contribution in [0.2, 0.25) is 0 Å². The highest BCUT2D eigenvalue weighted by Crippen LogP contribution is 2.43. The fourth-order valence-corrected chi connectivity index (χ4v) is 3.48. The van der Waals surface area contributed by atoms with Crippen LogP contribution in [0.15, 0.2) is 39.5 Å². The third-order valence-electron chi connectivity index (χ3n) is 4.94. The largest absolute Gasteiger partial charge is 0.507 e. The Labute approximate surface area is 135 Å². The first-order chi connectivity index (χ1) is 11.6. The molecule has 0 aliphatic carbocycles. The topological polar surface area (TPSA) is 92.4 Å². The molecule has 0 spiro atoms. The van der Waals surface area contributed by atoms with Crippen molar-refractivity contribution in [3.8, 4) is 11.5 Å². The van der Waals surface area contributed by atoms with E-state index in [2.05, 4.69) is 0 Å². The molecule has 2 atom stereocenters. The van der Waals surface area contributed by atoms with Crippen molar-refractivity contribution < 1.29 is 24.1 Å². The molecular formula is C18H14O6. The molecule has 2 aromatic carbocycles. The Kier molecular flexibility index (Phi) is 2.59. The molecule has 6 nitrogen and oxygen atoms in total. The molecule has 1 fully saturated rings. The Morgan fingerprint density at radius 3 is 2.71 bits per heavy atom. The molecule has 0 amide bonds. The fourth-order valence-electron chi connectivity index (χ4n) is 3.48. The Bertz CT molecular complexity index is 1050. The smallest absolute Gasteiger partial charge is 0.204 e. The van der Waals surface area contributed by atoms with Crippen molar-refractivity contribution in [1.29, 1.82) is 0 Å². The number of benzene rings is 2. The van der Waals surface area contributed by atoms with Gasteiger partial charge in [0, 0.05) is 12.0 Å². The van der Waals surface area contributed by atoms with Gasteiger partial charge in [-0.1, -0.05) is 6.07 Å². The first-order valence-electron chi connectivity index (χ1n) is 7.75. The number of phenols is 1. The molecule has 6 heteroatoms. The van der Waals surface area contributed by atoms with Crippen LogP contribution in [0.25, 0.3) is 21.9 Å². The average molecular weight is 326 g/mol. The van der Waals surface area contributed by atoms with Gasteiger partial charge in [-0.3, -0.25) is 4.79 Å². The van der Waals surface area contributed by atoms with Gasteiger partial charge in [0.2, 0.25) is 5.43 Å². The number of hydrogen-bond acceptors (Lipinski definition) is 6. The standard InChI is InChI=1S/C18H14O6/c19-7-18(8-22-18)14-6-9-11(24-14)4-5-13-15(9)17(21)16-10(20)2-1-3-12(16)23-13/h1-5,14,19-20H,6-8H2/t14-,18+/m1/s1. The summed E-state index contributed by atoms with van der Waals surface area (Å²) < 4.78 is 17.1. The highest BCUT2D eigenvalue weighted by atomic mass is 16.6. The van der Waals surface area contributed by atoms with E-state index < -0.39 is 5.60 Å². The highest BCUT2D eigenvalue weighted by Gasteiger charge is 2.55. The van der Waals surface area contributed by atoms with Crippen LogP contribution in [0.3, 0.4) is 0 Å². The maximum Gasteiger partial charge on any atom is 0.204 e. The van der Waals surface area contributed by atoms with E-state index in [9.17, 15) is 15.0 Å². The zero-order chi connectivity index (χ0) is 16.5. The second-order valence-corrected chi connectivity index (χ2v) is 6.32. The molecule has 2 aliphatic rings. The minimum Gasteiger partial charge on any atom is -0.507 e. The van der Waals surface area contributed by atoms with Gasteiger partial charge in [0.05, 0.1) is 18.6 Å². The van der Waals surface area contributed by atoms with Gasteiger partial charge < -0.3 is 24.1 Å². The average Bonchev–Trinajstić information content (AvgIpc) is 3.26. The van der Waals surface area contributed by atoms with Crippen molar-refractivity contribution in [2.24, 2.45) is 0 Å². The van der Waals surface area contributed by atoms with E-state index in [0.29, 0.717) is 35.3 Å². The quantitative estimate of drug-likeness (QED) is 0.550. The number of ether oxygens (including phenoxy) is 2. The van der Waals surface area contributed by atoms with Crippen molar-refractivity contribution in [2.75, 3.05) is 13.2 Å². The van der Waals surface area contributed by atoms with Crippen molar-refractivity contribution in [2.45, 2.75) is 18.1 Å². The number of aromatic hydroxyl groups is 1. The molecule has 1 saturated heterocycles. The van der Waals surface area contributed by atoms with Gasteiger partial charge in [-0.25, -0.2) is 0 Å². The SMILES string of the molecule is O=c1c2c(O)cccc2oc2ccc3c(c12)C[C@H]([C@]1(CO)CO1)O3. The summed E-state index contributed by atoms with van der Waals surface area (Å²) in [7, 11) is 0. The molecule has 2 N–H and O–H groups in total. The van der Waals surface area contributed by atoms with Crippen LogP contribution < -0.4 is 10.2 Å². The summed E-state index contributed by atoms with van der Waals surface area (Å²) >= 11 is 0. The lowest BCUT2D eigenvalue weighted by molar-refractivity contribution is 0.0665. The van der Waals surface area contributed by atoms with E-state index in [0.717, 1.165) is 5.56 Å². The normalized spacial score (nSPS) is 25.0. The Morgan fingerprint density at radius 2 is 1.96 bits per heavy atom. The number of aliphatic hydroxyl groups excluding tert-OH is 1. The second-order valence-electron chi connectivity index (χ2n) is 6.32. The van der Waals surface area contributed by atoms with Crippen LogP contribution in [0.4, 0.5) is 0 Å². The van der Waals surface area contributed by atoms with Gasteiger partial charge >= 0.3 is 0 Å².